The normalized spacial score (nSPS) is 38.1. The molecule has 226 valence electrons. The van der Waals surface area contributed by atoms with E-state index in [1.165, 1.54) is 18.4 Å². The number of nitrogens with one attached hydrogen (secondary N) is 1. The van der Waals surface area contributed by atoms with Gasteiger partial charge in [-0.1, -0.05) is 31.1 Å². The molecule has 0 heterocycles. The summed E-state index contributed by atoms with van der Waals surface area (Å²) in [6, 6.07) is 0. The predicted molar refractivity (Wildman–Crippen MR) is 152 cm³/mol. The van der Waals surface area contributed by atoms with Crippen LogP contribution in [0.2, 0.25) is 0 Å². The van der Waals surface area contributed by atoms with Crippen molar-refractivity contribution in [3.05, 3.63) is 23.3 Å². The van der Waals surface area contributed by atoms with E-state index in [9.17, 15) is 29.4 Å². The highest BCUT2D eigenvalue weighted by Gasteiger charge is 2.68. The van der Waals surface area contributed by atoms with Crippen LogP contribution in [-0.2, 0) is 23.9 Å². The summed E-state index contributed by atoms with van der Waals surface area (Å²) in [7, 11) is 0. The van der Waals surface area contributed by atoms with Crippen molar-refractivity contribution in [1.29, 1.82) is 0 Å². The molecular formula is C33H47NO7. The monoisotopic (exact) mass is 569 g/mol. The smallest absolute Gasteiger partial charge is 0.306 e. The average molecular weight is 570 g/mol. The summed E-state index contributed by atoms with van der Waals surface area (Å²) in [6.07, 6.45) is 12.7. The molecule has 5 aliphatic carbocycles. The van der Waals surface area contributed by atoms with E-state index in [1.54, 1.807) is 6.08 Å². The number of hydrogen-bond acceptors (Lipinski definition) is 7. The maximum Gasteiger partial charge on any atom is 0.306 e. The van der Waals surface area contributed by atoms with Crippen LogP contribution in [0.1, 0.15) is 104 Å². The zero-order valence-corrected chi connectivity index (χ0v) is 24.7. The predicted octanol–water partition coefficient (Wildman–Crippen LogP) is 4.12. The minimum absolute atomic E-state index is 0.00510. The maximum atomic E-state index is 13.4. The molecule has 0 unspecified atom stereocenters. The second kappa shape index (κ2) is 11.8. The molecule has 0 radical (unpaired) electrons. The Morgan fingerprint density at radius 1 is 1.07 bits per heavy atom. The van der Waals surface area contributed by atoms with Gasteiger partial charge in [-0.2, -0.15) is 0 Å². The highest BCUT2D eigenvalue weighted by molar-refractivity contribution is 5.92. The third kappa shape index (κ3) is 5.58. The van der Waals surface area contributed by atoms with Gasteiger partial charge in [-0.15, -0.1) is 0 Å². The first-order valence-electron chi connectivity index (χ1n) is 15.8. The summed E-state index contributed by atoms with van der Waals surface area (Å²) in [6.45, 7) is 4.10. The van der Waals surface area contributed by atoms with Crippen LogP contribution in [0.25, 0.3) is 0 Å². The van der Waals surface area contributed by atoms with Gasteiger partial charge in [0, 0.05) is 24.8 Å². The summed E-state index contributed by atoms with van der Waals surface area (Å²) in [5, 5.41) is 26.2. The van der Waals surface area contributed by atoms with Gasteiger partial charge in [-0.05, 0) is 99.9 Å². The standard InChI is InChI=1S/C33H47NO7/c1-31-15-12-23(35)18-22(31)8-9-24-25-13-16-33(40,32(25,2)19-26(36)30(24)31)27(37)20-41-29(39)11-10-28(38)34-17-14-21-6-4-3-5-7-21/h6,18,24-26,30,36,40H,3-5,7-17,19-20H2,1-2H3,(H,34,38)/t24-,25-,26-,30+,31-,32-,33-/m0/s1. The molecule has 7 atom stereocenters. The molecule has 0 aliphatic heterocycles. The number of fused-ring (bicyclic) bond motifs is 5. The molecule has 3 fully saturated rings. The third-order valence-electron chi connectivity index (χ3n) is 11.6. The van der Waals surface area contributed by atoms with E-state index in [1.807, 2.05) is 6.92 Å². The maximum absolute atomic E-state index is 13.4. The molecule has 41 heavy (non-hydrogen) atoms. The number of aliphatic hydroxyl groups is 2. The van der Waals surface area contributed by atoms with Crippen LogP contribution in [0.4, 0.5) is 0 Å². The Balaban J connectivity index is 1.14. The third-order valence-corrected chi connectivity index (χ3v) is 11.6. The first-order valence-corrected chi connectivity index (χ1v) is 15.8. The van der Waals surface area contributed by atoms with Crippen LogP contribution in [0.15, 0.2) is 23.3 Å². The fraction of sp³-hybridized carbons (Fsp3) is 0.758. The van der Waals surface area contributed by atoms with Crippen molar-refractivity contribution in [1.82, 2.24) is 5.32 Å². The minimum Gasteiger partial charge on any atom is -0.458 e. The van der Waals surface area contributed by atoms with Gasteiger partial charge >= 0.3 is 5.97 Å². The Morgan fingerprint density at radius 2 is 1.88 bits per heavy atom. The van der Waals surface area contributed by atoms with Crippen LogP contribution >= 0.6 is 0 Å². The molecule has 3 N–H and O–H groups in total. The average Bonchev–Trinajstić information content (AvgIpc) is 3.22. The van der Waals surface area contributed by atoms with E-state index in [2.05, 4.69) is 18.3 Å². The molecule has 0 aromatic carbocycles. The second-order valence-electron chi connectivity index (χ2n) is 13.8. The Morgan fingerprint density at radius 3 is 2.63 bits per heavy atom. The largest absolute Gasteiger partial charge is 0.458 e. The molecule has 0 saturated heterocycles. The minimum atomic E-state index is -1.69. The number of rotatable bonds is 9. The van der Waals surface area contributed by atoms with Crippen LogP contribution in [0, 0.1) is 28.6 Å². The molecule has 0 aromatic heterocycles. The molecule has 8 nitrogen and oxygen atoms in total. The zero-order chi connectivity index (χ0) is 29.4. The number of hydrogen-bond donors (Lipinski definition) is 3. The van der Waals surface area contributed by atoms with Crippen molar-refractivity contribution < 1.29 is 34.1 Å². The van der Waals surface area contributed by atoms with Crippen molar-refractivity contribution >= 4 is 23.4 Å². The molecule has 5 rings (SSSR count). The Labute approximate surface area is 243 Å². The van der Waals surface area contributed by atoms with Crippen LogP contribution in [0.3, 0.4) is 0 Å². The first-order chi connectivity index (χ1) is 19.5. The number of carbonyl (C=O) groups is 4. The van der Waals surface area contributed by atoms with Crippen LogP contribution in [-0.4, -0.2) is 58.5 Å². The van der Waals surface area contributed by atoms with Crippen molar-refractivity contribution in [3.8, 4) is 0 Å². The fourth-order valence-corrected chi connectivity index (χ4v) is 9.29. The Hall–Kier alpha value is -2.32. The van der Waals surface area contributed by atoms with Crippen molar-refractivity contribution in [3.63, 3.8) is 0 Å². The lowest BCUT2D eigenvalue weighted by Crippen LogP contribution is -2.62. The van der Waals surface area contributed by atoms with E-state index >= 15 is 0 Å². The van der Waals surface area contributed by atoms with E-state index in [-0.39, 0.29) is 54.1 Å². The number of ether oxygens (including phenoxy) is 1. The summed E-state index contributed by atoms with van der Waals surface area (Å²) >= 11 is 0. The van der Waals surface area contributed by atoms with Gasteiger partial charge in [0.25, 0.3) is 0 Å². The van der Waals surface area contributed by atoms with E-state index in [0.29, 0.717) is 25.8 Å². The highest BCUT2D eigenvalue weighted by Crippen LogP contribution is 2.67. The summed E-state index contributed by atoms with van der Waals surface area (Å²) < 4.78 is 5.25. The van der Waals surface area contributed by atoms with Crippen molar-refractivity contribution in [2.24, 2.45) is 28.6 Å². The van der Waals surface area contributed by atoms with Gasteiger partial charge in [-0.25, -0.2) is 0 Å². The van der Waals surface area contributed by atoms with Gasteiger partial charge in [0.05, 0.1) is 12.5 Å². The molecule has 8 heteroatoms. The number of carbonyl (C=O) groups excluding carboxylic acids is 4. The highest BCUT2D eigenvalue weighted by atomic mass is 16.5. The van der Waals surface area contributed by atoms with E-state index in [0.717, 1.165) is 44.1 Å². The first kappa shape index (κ1) is 30.1. The summed E-state index contributed by atoms with van der Waals surface area (Å²) in [5.74, 6) is -1.02. The number of Topliss-reactive ketones (excluding diaryl/α,β-unsaturated/α-hetero) is 1. The Kier molecular flexibility index (Phi) is 8.64. The number of ketones is 2. The van der Waals surface area contributed by atoms with Gasteiger partial charge < -0.3 is 20.3 Å². The van der Waals surface area contributed by atoms with Crippen LogP contribution < -0.4 is 5.32 Å². The molecule has 3 saturated carbocycles. The number of aliphatic hydroxyl groups excluding tert-OH is 1. The lowest BCUT2D eigenvalue weighted by atomic mass is 9.45. The molecule has 1 amide bonds. The van der Waals surface area contributed by atoms with Crippen molar-refractivity contribution in [2.45, 2.75) is 115 Å². The Bertz CT molecular complexity index is 1140. The number of allylic oxidation sites excluding steroid dienone is 2. The van der Waals surface area contributed by atoms with Gasteiger partial charge in [0.2, 0.25) is 11.7 Å². The molecule has 0 bridgehead atoms. The molecule has 0 aromatic rings. The summed E-state index contributed by atoms with van der Waals surface area (Å²) in [4.78, 5) is 50.1. The van der Waals surface area contributed by atoms with Crippen LogP contribution in [0.5, 0.6) is 0 Å². The summed E-state index contributed by atoms with van der Waals surface area (Å²) in [5.41, 5.74) is -0.233. The topological polar surface area (TPSA) is 130 Å². The second-order valence-corrected chi connectivity index (χ2v) is 13.8. The van der Waals surface area contributed by atoms with Gasteiger partial charge in [-0.3, -0.25) is 19.2 Å². The van der Waals surface area contributed by atoms with Crippen molar-refractivity contribution in [2.75, 3.05) is 13.2 Å². The molecule has 0 spiro atoms. The van der Waals surface area contributed by atoms with E-state index in [4.69, 9.17) is 4.74 Å². The van der Waals surface area contributed by atoms with Gasteiger partial charge in [0.15, 0.2) is 12.4 Å². The van der Waals surface area contributed by atoms with Gasteiger partial charge in [0.1, 0.15) is 5.60 Å². The fourth-order valence-electron chi connectivity index (χ4n) is 9.29. The molecule has 5 aliphatic rings. The quantitative estimate of drug-likeness (QED) is 0.281. The SMILES string of the molecule is C[C@]12CCC(=O)C=C1CC[C@@H]1[C@@H]2[C@@H](O)C[C@@]2(C)[C@H]1CC[C@]2(O)C(=O)COC(=O)CCC(=O)NCCC1=CCCCC1. The number of esters is 1. The lowest BCUT2D eigenvalue weighted by Gasteiger charge is -2.60. The molecular weight excluding hydrogens is 522 g/mol. The lowest BCUT2D eigenvalue weighted by molar-refractivity contribution is -0.184. The zero-order valence-electron chi connectivity index (χ0n) is 24.7. The number of amides is 1. The van der Waals surface area contributed by atoms with E-state index < -0.39 is 35.5 Å².